The van der Waals surface area contributed by atoms with Gasteiger partial charge in [-0.25, -0.2) is 9.78 Å². The van der Waals surface area contributed by atoms with Gasteiger partial charge in [0, 0.05) is 18.0 Å². The first-order valence-electron chi connectivity index (χ1n) is 5.78. The molecule has 0 spiro atoms. The second-order valence-electron chi connectivity index (χ2n) is 3.86. The van der Waals surface area contributed by atoms with Crippen molar-refractivity contribution in [1.29, 1.82) is 0 Å². The summed E-state index contributed by atoms with van der Waals surface area (Å²) in [4.78, 5) is 15.8. The summed E-state index contributed by atoms with van der Waals surface area (Å²) in [6, 6.07) is -0.194. The Bertz CT molecular complexity index is 354. The fourth-order valence-electron chi connectivity index (χ4n) is 1.35. The molecule has 0 aromatic carbocycles. The predicted molar refractivity (Wildman–Crippen MR) is 69.4 cm³/mol. The zero-order valence-electron chi connectivity index (χ0n) is 10.2. The first-order chi connectivity index (χ1) is 8.15. The van der Waals surface area contributed by atoms with Gasteiger partial charge in [0.15, 0.2) is 5.13 Å². The lowest BCUT2D eigenvalue weighted by Crippen LogP contribution is -2.36. The summed E-state index contributed by atoms with van der Waals surface area (Å²) in [5.74, 6) is 0. The molecule has 0 saturated heterocycles. The summed E-state index contributed by atoms with van der Waals surface area (Å²) in [5, 5.41) is 16.7. The number of hydrogen-bond acceptors (Lipinski definition) is 4. The third-order valence-electron chi connectivity index (χ3n) is 2.31. The molecule has 5 nitrogen and oxygen atoms in total. The highest BCUT2D eigenvalue weighted by Gasteiger charge is 2.08. The standard InChI is InChI=1S/C11H19N3O2S/c1-3-9-7-17-11(13-9)14-10(16)12-8(2)5-4-6-15/h7-8,15H,3-6H2,1-2H3,(H2,12,13,14,16). The predicted octanol–water partition coefficient (Wildman–Crippen LogP) is 1.99. The van der Waals surface area contributed by atoms with Crippen molar-refractivity contribution < 1.29 is 9.90 Å². The number of urea groups is 1. The van der Waals surface area contributed by atoms with Crippen molar-refractivity contribution in [2.75, 3.05) is 11.9 Å². The van der Waals surface area contributed by atoms with Crippen LogP contribution < -0.4 is 10.6 Å². The van der Waals surface area contributed by atoms with Crippen molar-refractivity contribution >= 4 is 22.5 Å². The first-order valence-corrected chi connectivity index (χ1v) is 6.66. The number of carbonyl (C=O) groups is 1. The SMILES string of the molecule is CCc1csc(NC(=O)NC(C)CCCO)n1. The fraction of sp³-hybridized carbons (Fsp3) is 0.636. The molecule has 17 heavy (non-hydrogen) atoms. The molecule has 1 heterocycles. The maximum absolute atomic E-state index is 11.6. The highest BCUT2D eigenvalue weighted by molar-refractivity contribution is 7.13. The van der Waals surface area contributed by atoms with E-state index in [-0.39, 0.29) is 18.7 Å². The Kier molecular flexibility index (Phi) is 5.93. The van der Waals surface area contributed by atoms with Crippen LogP contribution in [-0.4, -0.2) is 28.8 Å². The number of thiazole rings is 1. The Morgan fingerprint density at radius 1 is 1.65 bits per heavy atom. The Balaban J connectivity index is 2.33. The summed E-state index contributed by atoms with van der Waals surface area (Å²) in [7, 11) is 0. The van der Waals surface area contributed by atoms with E-state index in [2.05, 4.69) is 15.6 Å². The normalized spacial score (nSPS) is 12.2. The van der Waals surface area contributed by atoms with Gasteiger partial charge in [0.2, 0.25) is 0 Å². The van der Waals surface area contributed by atoms with E-state index in [1.54, 1.807) is 0 Å². The van der Waals surface area contributed by atoms with Crippen LogP contribution in [0, 0.1) is 0 Å². The number of nitrogens with one attached hydrogen (secondary N) is 2. The quantitative estimate of drug-likeness (QED) is 0.729. The molecule has 1 aromatic rings. The largest absolute Gasteiger partial charge is 0.396 e. The van der Waals surface area contributed by atoms with Crippen molar-refractivity contribution in [3.05, 3.63) is 11.1 Å². The van der Waals surface area contributed by atoms with E-state index >= 15 is 0 Å². The molecule has 1 atom stereocenters. The van der Waals surface area contributed by atoms with Crippen LogP contribution in [0.15, 0.2) is 5.38 Å². The van der Waals surface area contributed by atoms with E-state index in [9.17, 15) is 4.79 Å². The number of aliphatic hydroxyl groups is 1. The summed E-state index contributed by atoms with van der Waals surface area (Å²) >= 11 is 1.42. The average molecular weight is 257 g/mol. The van der Waals surface area contributed by atoms with Crippen LogP contribution in [0.4, 0.5) is 9.93 Å². The van der Waals surface area contributed by atoms with Crippen LogP contribution in [0.25, 0.3) is 0 Å². The molecular formula is C11H19N3O2S. The van der Waals surface area contributed by atoms with Crippen LogP contribution in [0.2, 0.25) is 0 Å². The topological polar surface area (TPSA) is 74.2 Å². The highest BCUT2D eigenvalue weighted by atomic mass is 32.1. The number of carbonyl (C=O) groups excluding carboxylic acids is 1. The minimum absolute atomic E-state index is 0.0488. The third kappa shape index (κ3) is 5.14. The highest BCUT2D eigenvalue weighted by Crippen LogP contribution is 2.15. The number of hydrogen-bond donors (Lipinski definition) is 3. The Hall–Kier alpha value is -1.14. The molecule has 1 unspecified atom stereocenters. The molecule has 0 aliphatic carbocycles. The lowest BCUT2D eigenvalue weighted by Gasteiger charge is -2.12. The number of rotatable bonds is 6. The van der Waals surface area contributed by atoms with Crippen LogP contribution >= 0.6 is 11.3 Å². The van der Waals surface area contributed by atoms with E-state index < -0.39 is 0 Å². The number of nitrogens with zero attached hydrogens (tertiary/aromatic N) is 1. The Labute approximate surface area is 105 Å². The summed E-state index contributed by atoms with van der Waals surface area (Å²) < 4.78 is 0. The second kappa shape index (κ2) is 7.24. The number of aliphatic hydroxyl groups excluding tert-OH is 1. The monoisotopic (exact) mass is 257 g/mol. The van der Waals surface area contributed by atoms with Crippen molar-refractivity contribution in [3.63, 3.8) is 0 Å². The fourth-order valence-corrected chi connectivity index (χ4v) is 2.14. The van der Waals surface area contributed by atoms with Gasteiger partial charge in [0.05, 0.1) is 5.69 Å². The maximum atomic E-state index is 11.6. The van der Waals surface area contributed by atoms with Gasteiger partial charge < -0.3 is 10.4 Å². The van der Waals surface area contributed by atoms with Crippen molar-refractivity contribution in [1.82, 2.24) is 10.3 Å². The maximum Gasteiger partial charge on any atom is 0.321 e. The number of anilines is 1. The van der Waals surface area contributed by atoms with E-state index in [1.807, 2.05) is 19.2 Å². The van der Waals surface area contributed by atoms with Gasteiger partial charge in [-0.1, -0.05) is 6.92 Å². The lowest BCUT2D eigenvalue weighted by atomic mass is 10.2. The number of aromatic nitrogens is 1. The zero-order valence-corrected chi connectivity index (χ0v) is 11.0. The smallest absolute Gasteiger partial charge is 0.321 e. The van der Waals surface area contributed by atoms with Crippen LogP contribution in [-0.2, 0) is 6.42 Å². The molecule has 96 valence electrons. The van der Waals surface area contributed by atoms with Gasteiger partial charge in [-0.3, -0.25) is 5.32 Å². The van der Waals surface area contributed by atoms with Gasteiger partial charge in [-0.2, -0.15) is 0 Å². The molecule has 1 rings (SSSR count). The zero-order chi connectivity index (χ0) is 12.7. The van der Waals surface area contributed by atoms with E-state index in [0.29, 0.717) is 11.6 Å². The minimum Gasteiger partial charge on any atom is -0.396 e. The van der Waals surface area contributed by atoms with Gasteiger partial charge >= 0.3 is 6.03 Å². The Morgan fingerprint density at radius 3 is 3.00 bits per heavy atom. The number of aryl methyl sites for hydroxylation is 1. The molecule has 0 aliphatic rings. The average Bonchev–Trinajstić information content (AvgIpc) is 2.73. The molecule has 0 bridgehead atoms. The molecular weight excluding hydrogens is 238 g/mol. The van der Waals surface area contributed by atoms with E-state index in [4.69, 9.17) is 5.11 Å². The van der Waals surface area contributed by atoms with Crippen molar-refractivity contribution in [3.8, 4) is 0 Å². The van der Waals surface area contributed by atoms with Crippen molar-refractivity contribution in [2.24, 2.45) is 0 Å². The lowest BCUT2D eigenvalue weighted by molar-refractivity contribution is 0.245. The summed E-state index contributed by atoms with van der Waals surface area (Å²) in [6.45, 7) is 4.09. The molecule has 0 fully saturated rings. The van der Waals surface area contributed by atoms with E-state index in [0.717, 1.165) is 18.5 Å². The van der Waals surface area contributed by atoms with Crippen molar-refractivity contribution in [2.45, 2.75) is 39.2 Å². The van der Waals surface area contributed by atoms with Gasteiger partial charge in [-0.15, -0.1) is 11.3 Å². The Morgan fingerprint density at radius 2 is 2.41 bits per heavy atom. The molecule has 0 saturated carbocycles. The summed E-state index contributed by atoms with van der Waals surface area (Å²) in [6.07, 6.45) is 2.33. The third-order valence-corrected chi connectivity index (χ3v) is 3.11. The first kappa shape index (κ1) is 13.9. The van der Waals surface area contributed by atoms with Gasteiger partial charge in [0.1, 0.15) is 0 Å². The van der Waals surface area contributed by atoms with Crippen LogP contribution in [0.1, 0.15) is 32.4 Å². The molecule has 0 radical (unpaired) electrons. The van der Waals surface area contributed by atoms with Gasteiger partial charge in [-0.05, 0) is 26.2 Å². The van der Waals surface area contributed by atoms with Gasteiger partial charge in [0.25, 0.3) is 0 Å². The van der Waals surface area contributed by atoms with E-state index in [1.165, 1.54) is 11.3 Å². The molecule has 2 amide bonds. The minimum atomic E-state index is -0.243. The molecule has 0 aliphatic heterocycles. The van der Waals surface area contributed by atoms with Crippen LogP contribution in [0.5, 0.6) is 0 Å². The molecule has 1 aromatic heterocycles. The summed E-state index contributed by atoms with van der Waals surface area (Å²) in [5.41, 5.74) is 0.985. The molecule has 6 heteroatoms. The molecule has 3 N–H and O–H groups in total. The second-order valence-corrected chi connectivity index (χ2v) is 4.72. The number of amides is 2. The van der Waals surface area contributed by atoms with Crippen LogP contribution in [0.3, 0.4) is 0 Å².